The number of esters is 1. The average molecular weight is 483 g/mol. The van der Waals surface area contributed by atoms with Crippen molar-refractivity contribution in [2.45, 2.75) is 51.9 Å². The molecule has 0 bridgehead atoms. The highest BCUT2D eigenvalue weighted by molar-refractivity contribution is 5.75. The van der Waals surface area contributed by atoms with Crippen LogP contribution < -0.4 is 9.47 Å². The van der Waals surface area contributed by atoms with Crippen molar-refractivity contribution in [3.05, 3.63) is 83.2 Å². The Hall–Kier alpha value is -3.28. The molecule has 0 N–H and O–H groups in total. The molecule has 3 aromatic carbocycles. The van der Waals surface area contributed by atoms with Gasteiger partial charge in [-0.25, -0.2) is 13.2 Å². The topological polar surface area (TPSA) is 35.5 Å². The molecule has 1 fully saturated rings. The van der Waals surface area contributed by atoms with E-state index in [9.17, 15) is 13.6 Å². The van der Waals surface area contributed by atoms with Gasteiger partial charge in [-0.2, -0.15) is 0 Å². The fraction of sp³-hybridized carbons (Fsp3) is 0.345. The van der Waals surface area contributed by atoms with Crippen molar-refractivity contribution in [2.24, 2.45) is 5.92 Å². The summed E-state index contributed by atoms with van der Waals surface area (Å²) in [6, 6.07) is 14.8. The van der Waals surface area contributed by atoms with E-state index in [0.29, 0.717) is 49.2 Å². The Balaban J connectivity index is 1.40. The van der Waals surface area contributed by atoms with Gasteiger partial charge in [0.15, 0.2) is 23.2 Å². The van der Waals surface area contributed by atoms with Gasteiger partial charge in [0.2, 0.25) is 0 Å². The maximum atomic E-state index is 15.0. The number of halogens is 3. The third-order valence-corrected chi connectivity index (χ3v) is 6.71. The normalized spacial score (nSPS) is 17.7. The van der Waals surface area contributed by atoms with Crippen LogP contribution >= 0.6 is 0 Å². The number of aryl methyl sites for hydroxylation is 1. The third-order valence-electron chi connectivity index (χ3n) is 6.71. The molecule has 0 unspecified atom stereocenters. The highest BCUT2D eigenvalue weighted by Gasteiger charge is 2.31. The molecular formula is C29H29F3O3. The van der Waals surface area contributed by atoms with Crippen molar-refractivity contribution in [2.75, 3.05) is 6.61 Å². The molecule has 0 radical (unpaired) electrons. The van der Waals surface area contributed by atoms with Crippen LogP contribution in [-0.2, 0) is 11.2 Å². The van der Waals surface area contributed by atoms with E-state index in [4.69, 9.17) is 9.47 Å². The summed E-state index contributed by atoms with van der Waals surface area (Å²) < 4.78 is 54.7. The van der Waals surface area contributed by atoms with Crippen LogP contribution in [0.25, 0.3) is 11.1 Å². The first-order chi connectivity index (χ1) is 16.9. The number of hydrogen-bond acceptors (Lipinski definition) is 3. The molecule has 35 heavy (non-hydrogen) atoms. The van der Waals surface area contributed by atoms with Gasteiger partial charge in [0.1, 0.15) is 5.75 Å². The van der Waals surface area contributed by atoms with E-state index in [1.807, 2.05) is 19.1 Å². The van der Waals surface area contributed by atoms with E-state index in [1.54, 1.807) is 37.3 Å². The lowest BCUT2D eigenvalue weighted by atomic mass is 9.78. The summed E-state index contributed by atoms with van der Waals surface area (Å²) in [4.78, 5) is 12.6. The van der Waals surface area contributed by atoms with Gasteiger partial charge in [0.05, 0.1) is 12.5 Å². The van der Waals surface area contributed by atoms with Gasteiger partial charge in [0.25, 0.3) is 0 Å². The summed E-state index contributed by atoms with van der Waals surface area (Å²) in [6.45, 7) is 4.24. The van der Waals surface area contributed by atoms with Gasteiger partial charge in [-0.05, 0) is 73.8 Å². The second-order valence-corrected chi connectivity index (χ2v) is 8.88. The molecule has 1 aliphatic carbocycles. The van der Waals surface area contributed by atoms with Crippen LogP contribution in [0.5, 0.6) is 11.5 Å². The number of hydrogen-bond donors (Lipinski definition) is 0. The Kier molecular flexibility index (Phi) is 7.79. The second-order valence-electron chi connectivity index (χ2n) is 8.88. The molecule has 3 aromatic rings. The van der Waals surface area contributed by atoms with Crippen molar-refractivity contribution in [1.29, 1.82) is 0 Å². The lowest BCUT2D eigenvalue weighted by Crippen LogP contribution is -2.25. The van der Waals surface area contributed by atoms with Crippen LogP contribution in [0.2, 0.25) is 0 Å². The van der Waals surface area contributed by atoms with Crippen LogP contribution in [0.3, 0.4) is 0 Å². The number of rotatable bonds is 7. The highest BCUT2D eigenvalue weighted by atomic mass is 19.2. The summed E-state index contributed by atoms with van der Waals surface area (Å²) in [6.07, 6.45) is 2.84. The van der Waals surface area contributed by atoms with Crippen LogP contribution in [0, 0.1) is 23.4 Å². The Morgan fingerprint density at radius 1 is 0.886 bits per heavy atom. The minimum absolute atomic E-state index is 0.142. The molecular weight excluding hydrogens is 453 g/mol. The fourth-order valence-electron chi connectivity index (χ4n) is 4.68. The summed E-state index contributed by atoms with van der Waals surface area (Å²) in [5.41, 5.74) is 2.34. The Morgan fingerprint density at radius 3 is 2.23 bits per heavy atom. The predicted molar refractivity (Wildman–Crippen MR) is 129 cm³/mol. The molecule has 1 aliphatic rings. The monoisotopic (exact) mass is 482 g/mol. The quantitative estimate of drug-likeness (QED) is 0.257. The second kappa shape index (κ2) is 11.0. The van der Waals surface area contributed by atoms with Crippen LogP contribution in [0.15, 0.2) is 54.6 Å². The van der Waals surface area contributed by atoms with E-state index in [1.165, 1.54) is 12.1 Å². The van der Waals surface area contributed by atoms with Gasteiger partial charge in [-0.1, -0.05) is 43.3 Å². The molecule has 6 heteroatoms. The number of ether oxygens (including phenoxy) is 2. The average Bonchev–Trinajstić information content (AvgIpc) is 2.87. The number of benzene rings is 3. The molecule has 184 valence electrons. The van der Waals surface area contributed by atoms with Gasteiger partial charge >= 0.3 is 5.97 Å². The molecule has 0 atom stereocenters. The summed E-state index contributed by atoms with van der Waals surface area (Å²) in [5.74, 6) is -3.23. The van der Waals surface area contributed by atoms with Crippen molar-refractivity contribution < 1.29 is 27.4 Å². The standard InChI is InChI=1S/C29H29F3O3/c1-3-18-5-7-19(8-6-18)23-14-15-24(28(32)27(23)31)20-9-11-21(12-10-20)29(33)35-26-16-13-22(34-4-2)17-25(26)30/h5-8,13-17,20-21H,3-4,9-12H2,1-2H3. The van der Waals surface area contributed by atoms with Crippen molar-refractivity contribution in [3.8, 4) is 22.6 Å². The van der Waals surface area contributed by atoms with Gasteiger partial charge < -0.3 is 9.47 Å². The zero-order valence-electron chi connectivity index (χ0n) is 20.0. The zero-order valence-corrected chi connectivity index (χ0v) is 20.0. The van der Waals surface area contributed by atoms with E-state index < -0.39 is 29.3 Å². The van der Waals surface area contributed by atoms with Crippen LogP contribution in [0.4, 0.5) is 13.2 Å². The molecule has 0 heterocycles. The van der Waals surface area contributed by atoms with E-state index in [2.05, 4.69) is 0 Å². The SMILES string of the molecule is CCOc1ccc(OC(=O)C2CCC(c3ccc(-c4ccc(CC)cc4)c(F)c3F)CC2)c(F)c1. The summed E-state index contributed by atoms with van der Waals surface area (Å²) in [5, 5.41) is 0. The van der Waals surface area contributed by atoms with Crippen molar-refractivity contribution >= 4 is 5.97 Å². The smallest absolute Gasteiger partial charge is 0.314 e. The zero-order chi connectivity index (χ0) is 24.9. The molecule has 0 aromatic heterocycles. The molecule has 0 amide bonds. The molecule has 0 saturated heterocycles. The van der Waals surface area contributed by atoms with Crippen molar-refractivity contribution in [3.63, 3.8) is 0 Å². The minimum Gasteiger partial charge on any atom is -0.494 e. The first kappa shape index (κ1) is 24.8. The number of carbonyl (C=O) groups excluding carboxylic acids is 1. The van der Waals surface area contributed by atoms with Crippen molar-refractivity contribution in [1.82, 2.24) is 0 Å². The van der Waals surface area contributed by atoms with Gasteiger partial charge in [0, 0.05) is 11.6 Å². The predicted octanol–water partition coefficient (Wildman–Crippen LogP) is 7.61. The first-order valence-corrected chi connectivity index (χ1v) is 12.1. The van der Waals surface area contributed by atoms with Gasteiger partial charge in [-0.3, -0.25) is 4.79 Å². The van der Waals surface area contributed by atoms with E-state index in [0.717, 1.165) is 12.0 Å². The minimum atomic E-state index is -0.848. The Morgan fingerprint density at radius 2 is 1.60 bits per heavy atom. The summed E-state index contributed by atoms with van der Waals surface area (Å²) in [7, 11) is 0. The van der Waals surface area contributed by atoms with E-state index in [-0.39, 0.29) is 17.2 Å². The maximum absolute atomic E-state index is 15.0. The summed E-state index contributed by atoms with van der Waals surface area (Å²) >= 11 is 0. The third kappa shape index (κ3) is 5.53. The highest BCUT2D eigenvalue weighted by Crippen LogP contribution is 2.39. The number of carbonyl (C=O) groups is 1. The first-order valence-electron chi connectivity index (χ1n) is 12.1. The largest absolute Gasteiger partial charge is 0.494 e. The molecule has 1 saturated carbocycles. The maximum Gasteiger partial charge on any atom is 0.314 e. The fourth-order valence-corrected chi connectivity index (χ4v) is 4.68. The van der Waals surface area contributed by atoms with E-state index >= 15 is 4.39 Å². The van der Waals surface area contributed by atoms with Gasteiger partial charge in [-0.15, -0.1) is 0 Å². The Labute approximate surface area is 203 Å². The molecule has 4 rings (SSSR count). The Bertz CT molecular complexity index is 1180. The van der Waals surface area contributed by atoms with Crippen LogP contribution in [0.1, 0.15) is 56.6 Å². The molecule has 3 nitrogen and oxygen atoms in total. The lowest BCUT2D eigenvalue weighted by Gasteiger charge is -2.28. The van der Waals surface area contributed by atoms with Crippen LogP contribution in [-0.4, -0.2) is 12.6 Å². The lowest BCUT2D eigenvalue weighted by molar-refractivity contribution is -0.140. The molecule has 0 aliphatic heterocycles. The molecule has 0 spiro atoms.